The van der Waals surface area contributed by atoms with Crippen molar-refractivity contribution in [2.24, 2.45) is 10.2 Å². The molecule has 0 spiro atoms. The molecular weight excluding hydrogens is 344 g/mol. The van der Waals surface area contributed by atoms with Crippen molar-refractivity contribution in [1.29, 1.82) is 0 Å². The molecular formula is C17H13N2O5S-. The molecule has 0 amide bonds. The maximum Gasteiger partial charge on any atom is 0.294 e. The van der Waals surface area contributed by atoms with Gasteiger partial charge in [0.15, 0.2) is 0 Å². The fourth-order valence-electron chi connectivity index (χ4n) is 2.29. The first-order valence-corrected chi connectivity index (χ1v) is 8.59. The van der Waals surface area contributed by atoms with Crippen molar-refractivity contribution in [3.05, 3.63) is 54.6 Å². The molecule has 0 atom stereocenters. The van der Waals surface area contributed by atoms with E-state index in [4.69, 9.17) is 9.29 Å². The van der Waals surface area contributed by atoms with Gasteiger partial charge in [-0.1, -0.05) is 23.9 Å². The van der Waals surface area contributed by atoms with Gasteiger partial charge < -0.3 is 9.84 Å². The normalized spacial score (nSPS) is 11.9. The summed E-state index contributed by atoms with van der Waals surface area (Å²) in [5.74, 6) is 0.329. The standard InChI is InChI=1S/C17H14N2O5S/c1-24-13-5-3-12(4-6-13)18-19-17-15-8-7-14(25(21,22)23)10-11(15)2-9-16(17)20/h2-10,20H,1H3,(H,21,22,23)/p-1. The molecule has 0 heterocycles. The first-order valence-electron chi connectivity index (χ1n) is 7.15. The van der Waals surface area contributed by atoms with Crippen molar-refractivity contribution in [2.75, 3.05) is 7.11 Å². The number of methoxy groups -OCH3 is 1. The molecule has 0 radical (unpaired) electrons. The van der Waals surface area contributed by atoms with Crippen molar-refractivity contribution in [1.82, 2.24) is 0 Å². The summed E-state index contributed by atoms with van der Waals surface area (Å²) >= 11 is 0. The summed E-state index contributed by atoms with van der Waals surface area (Å²) in [6.45, 7) is 0. The van der Waals surface area contributed by atoms with Crippen LogP contribution in [-0.4, -0.2) is 20.1 Å². The van der Waals surface area contributed by atoms with E-state index in [1.54, 1.807) is 31.4 Å². The van der Waals surface area contributed by atoms with Crippen molar-refractivity contribution < 1.29 is 22.8 Å². The highest BCUT2D eigenvalue weighted by Gasteiger charge is 2.11. The van der Waals surface area contributed by atoms with Crippen LogP contribution in [0.4, 0.5) is 11.4 Å². The Balaban J connectivity index is 2.05. The number of rotatable bonds is 4. The molecule has 3 rings (SSSR count). The van der Waals surface area contributed by atoms with Crippen LogP contribution >= 0.6 is 0 Å². The summed E-state index contributed by atoms with van der Waals surface area (Å²) in [7, 11) is -2.77. The van der Waals surface area contributed by atoms with Crippen LogP contribution in [0.1, 0.15) is 0 Å². The fraction of sp³-hybridized carbons (Fsp3) is 0.0588. The highest BCUT2D eigenvalue weighted by atomic mass is 32.2. The van der Waals surface area contributed by atoms with Gasteiger partial charge >= 0.3 is 0 Å². The zero-order valence-corrected chi connectivity index (χ0v) is 13.9. The van der Waals surface area contributed by atoms with E-state index in [0.717, 1.165) is 0 Å². The quantitative estimate of drug-likeness (QED) is 0.566. The molecule has 0 aliphatic carbocycles. The number of ether oxygens (including phenoxy) is 1. The Hall–Kier alpha value is -2.97. The van der Waals surface area contributed by atoms with Crippen LogP contribution in [0.2, 0.25) is 0 Å². The van der Waals surface area contributed by atoms with Gasteiger partial charge in [0, 0.05) is 5.39 Å². The molecule has 0 saturated heterocycles. The summed E-state index contributed by atoms with van der Waals surface area (Å²) in [4.78, 5) is -0.253. The van der Waals surface area contributed by atoms with E-state index in [2.05, 4.69) is 10.2 Å². The topological polar surface area (TPSA) is 111 Å². The number of fused-ring (bicyclic) bond motifs is 1. The summed E-state index contributed by atoms with van der Waals surface area (Å²) in [5, 5.41) is 21.0. The van der Waals surface area contributed by atoms with E-state index in [9.17, 15) is 13.5 Å². The molecule has 128 valence electrons. The highest BCUT2D eigenvalue weighted by Crippen LogP contribution is 2.35. The van der Waals surface area contributed by atoms with Gasteiger partial charge in [0.25, 0.3) is 10.1 Å². The van der Waals surface area contributed by atoms with Crippen LogP contribution in [-0.2, 0) is 10.1 Å². The third-order valence-corrected chi connectivity index (χ3v) is 4.41. The van der Waals surface area contributed by atoms with Gasteiger partial charge in [-0.05, 0) is 41.8 Å². The van der Waals surface area contributed by atoms with Crippen molar-refractivity contribution in [3.8, 4) is 11.5 Å². The minimum absolute atomic E-state index is 0.0928. The van der Waals surface area contributed by atoms with Crippen molar-refractivity contribution >= 4 is 32.3 Å². The van der Waals surface area contributed by atoms with Gasteiger partial charge in [-0.3, -0.25) is 4.55 Å². The number of hydrogen-bond donors (Lipinski definition) is 1. The second kappa shape index (κ2) is 6.50. The van der Waals surface area contributed by atoms with Gasteiger partial charge in [0.2, 0.25) is 0 Å². The highest BCUT2D eigenvalue weighted by molar-refractivity contribution is 7.85. The van der Waals surface area contributed by atoms with E-state index >= 15 is 0 Å². The Morgan fingerprint density at radius 1 is 1.00 bits per heavy atom. The van der Waals surface area contributed by atoms with E-state index in [-0.39, 0.29) is 16.3 Å². The molecule has 3 aromatic rings. The molecule has 0 aliphatic rings. The fourth-order valence-corrected chi connectivity index (χ4v) is 2.81. The molecule has 25 heavy (non-hydrogen) atoms. The Kier molecular flexibility index (Phi) is 4.39. The predicted molar refractivity (Wildman–Crippen MR) is 90.4 cm³/mol. The van der Waals surface area contributed by atoms with Crippen LogP contribution in [0.3, 0.4) is 0 Å². The molecule has 7 nitrogen and oxygen atoms in total. The lowest BCUT2D eigenvalue weighted by Gasteiger charge is -2.12. The smallest absolute Gasteiger partial charge is 0.294 e. The van der Waals surface area contributed by atoms with Crippen LogP contribution in [0, 0.1) is 0 Å². The molecule has 0 aromatic heterocycles. The van der Waals surface area contributed by atoms with E-state index in [1.807, 2.05) is 0 Å². The monoisotopic (exact) mass is 357 g/mol. The lowest BCUT2D eigenvalue weighted by Crippen LogP contribution is -1.98. The van der Waals surface area contributed by atoms with Crippen LogP contribution < -0.4 is 9.84 Å². The molecule has 8 heteroatoms. The van der Waals surface area contributed by atoms with Gasteiger partial charge in [0.05, 0.1) is 23.4 Å². The van der Waals surface area contributed by atoms with Crippen LogP contribution in [0.15, 0.2) is 69.7 Å². The maximum absolute atomic E-state index is 12.1. The second-order valence-electron chi connectivity index (χ2n) is 5.17. The minimum atomic E-state index is -4.32. The molecule has 1 N–H and O–H groups in total. The molecule has 0 bridgehead atoms. The van der Waals surface area contributed by atoms with Crippen LogP contribution in [0.25, 0.3) is 10.8 Å². The Bertz CT molecular complexity index is 1060. The summed E-state index contributed by atoms with van der Waals surface area (Å²) < 4.78 is 36.6. The molecule has 0 saturated carbocycles. The number of nitrogens with zero attached hydrogens (tertiary/aromatic N) is 2. The van der Waals surface area contributed by atoms with E-state index in [0.29, 0.717) is 22.2 Å². The van der Waals surface area contributed by atoms with Gasteiger partial charge in [0.1, 0.15) is 5.75 Å². The first kappa shape index (κ1) is 16.9. The van der Waals surface area contributed by atoms with Crippen molar-refractivity contribution in [2.45, 2.75) is 4.90 Å². The van der Waals surface area contributed by atoms with E-state index in [1.165, 1.54) is 30.3 Å². The zero-order valence-electron chi connectivity index (χ0n) is 13.1. The first-order chi connectivity index (χ1) is 11.9. The lowest BCUT2D eigenvalue weighted by atomic mass is 10.1. The molecule has 0 aliphatic heterocycles. The third-order valence-electron chi connectivity index (χ3n) is 3.56. The summed E-state index contributed by atoms with van der Waals surface area (Å²) in [6, 6.07) is 13.5. The second-order valence-corrected chi connectivity index (χ2v) is 6.59. The van der Waals surface area contributed by atoms with Gasteiger partial charge in [-0.25, -0.2) is 0 Å². The van der Waals surface area contributed by atoms with Gasteiger partial charge in [-0.15, -0.1) is 0 Å². The van der Waals surface area contributed by atoms with Crippen LogP contribution in [0.5, 0.6) is 11.5 Å². The maximum atomic E-state index is 12.1. The summed E-state index contributed by atoms with van der Waals surface area (Å²) in [5.41, 5.74) is 0.627. The molecule has 3 aromatic carbocycles. The average Bonchev–Trinajstić information content (AvgIpc) is 2.60. The number of benzene rings is 3. The van der Waals surface area contributed by atoms with Gasteiger partial charge in [-0.2, -0.15) is 18.6 Å². The third kappa shape index (κ3) is 3.59. The predicted octanol–water partition coefficient (Wildman–Crippen LogP) is 3.58. The Labute approximate surface area is 144 Å². The number of hydrogen-bond acceptors (Lipinski definition) is 6. The number of azo groups is 1. The molecule has 0 fully saturated rings. The Morgan fingerprint density at radius 2 is 1.72 bits per heavy atom. The summed E-state index contributed by atoms with van der Waals surface area (Å²) in [6.07, 6.45) is 0. The average molecular weight is 357 g/mol. The Morgan fingerprint density at radius 3 is 2.36 bits per heavy atom. The zero-order chi connectivity index (χ0) is 18.0. The minimum Gasteiger partial charge on any atom is -0.871 e. The molecule has 0 unspecified atom stereocenters. The van der Waals surface area contributed by atoms with Crippen molar-refractivity contribution in [3.63, 3.8) is 0 Å². The lowest BCUT2D eigenvalue weighted by molar-refractivity contribution is -0.267. The largest absolute Gasteiger partial charge is 0.871 e. The SMILES string of the molecule is COc1ccc(N=Nc2c([O-])ccc3cc(S(=O)(=O)O)ccc23)cc1. The van der Waals surface area contributed by atoms with E-state index < -0.39 is 10.1 Å².